The topological polar surface area (TPSA) is 128 Å². The number of aliphatic imine (C=N–C) groups is 1. The van der Waals surface area contributed by atoms with Gasteiger partial charge in [-0.3, -0.25) is 15.3 Å². The van der Waals surface area contributed by atoms with E-state index < -0.39 is 6.10 Å². The molecule has 1 saturated heterocycles. The molecule has 8 heteroatoms. The average molecular weight is 548 g/mol. The molecule has 1 aliphatic carbocycles. The van der Waals surface area contributed by atoms with Crippen molar-refractivity contribution in [1.29, 1.82) is 0 Å². The molecule has 3 aliphatic rings. The maximum Gasteiger partial charge on any atom is 0.302 e. The van der Waals surface area contributed by atoms with Crippen molar-refractivity contribution >= 4 is 18.0 Å². The maximum atomic E-state index is 12.8. The average Bonchev–Trinajstić information content (AvgIpc) is 3.35. The number of carbonyl (C=O) groups excluding carboxylic acids is 2. The monoisotopic (exact) mass is 547 g/mol. The van der Waals surface area contributed by atoms with Crippen LogP contribution in [0, 0.1) is 24.3 Å². The minimum atomic E-state index is -0.406. The van der Waals surface area contributed by atoms with Crippen molar-refractivity contribution in [2.24, 2.45) is 28.5 Å². The van der Waals surface area contributed by atoms with E-state index in [2.05, 4.69) is 17.2 Å². The number of hydrogen-bond donors (Lipinski definition) is 3. The zero-order valence-corrected chi connectivity index (χ0v) is 24.5. The number of nitrogens with zero attached hydrogens (tertiary/aromatic N) is 1. The predicted octanol–water partition coefficient (Wildman–Crippen LogP) is 3.61. The number of methoxy groups -OCH3 is 1. The fourth-order valence-electron chi connectivity index (χ4n) is 6.61. The van der Waals surface area contributed by atoms with Crippen molar-refractivity contribution in [2.45, 2.75) is 128 Å². The standard InChI is InChI=1S/C31H52N3O5/c1-4-22(15-26-20-33-19-25(26)9-5-24-13-14-34-31(32)17-24)7-11-28(39-21(2)35)18-27(36)10-6-23-8-12-29(37)30(16-23)38-3/h19-20,22-24,28-31,34,37H,4-18,32H2,1-3H3/q+1/p+1. The molecule has 2 aliphatic heterocycles. The van der Waals surface area contributed by atoms with Gasteiger partial charge in [0.2, 0.25) is 0 Å². The number of quaternary nitrogens is 1. The van der Waals surface area contributed by atoms with Gasteiger partial charge in [-0.2, -0.15) is 0 Å². The lowest BCUT2D eigenvalue weighted by molar-refractivity contribution is -0.699. The highest BCUT2D eigenvalue weighted by atomic mass is 16.5. The fourth-order valence-corrected chi connectivity index (χ4v) is 6.61. The number of aliphatic hydroxyl groups is 1. The normalized spacial score (nSPS) is 28.7. The smallest absolute Gasteiger partial charge is 0.302 e. The van der Waals surface area contributed by atoms with Gasteiger partial charge in [-0.25, -0.2) is 0 Å². The van der Waals surface area contributed by atoms with Gasteiger partial charge in [0, 0.05) is 46.1 Å². The Hall–Kier alpha value is -1.74. The summed E-state index contributed by atoms with van der Waals surface area (Å²) in [6.07, 6.45) is 13.5. The van der Waals surface area contributed by atoms with Gasteiger partial charge in [-0.15, -0.1) is 4.99 Å². The number of ketones is 1. The molecule has 0 spiro atoms. The highest BCUT2D eigenvalue weighted by Gasteiger charge is 2.30. The van der Waals surface area contributed by atoms with Crippen LogP contribution < -0.4 is 11.1 Å². The lowest BCUT2D eigenvalue weighted by Gasteiger charge is -2.32. The van der Waals surface area contributed by atoms with Crippen molar-refractivity contribution in [3.05, 3.63) is 17.7 Å². The van der Waals surface area contributed by atoms with Crippen LogP contribution in [0.2, 0.25) is 0 Å². The van der Waals surface area contributed by atoms with Crippen molar-refractivity contribution in [3.63, 3.8) is 0 Å². The molecular weight excluding hydrogens is 494 g/mol. The SMILES string of the molecule is CCC(CCC(CC(=O)CCC1CCC(O)C(OC)C1)OC(C)=O)CC1=C(CCC2CC[NH2+]C(N)C2)[CH+]N=C1. The van der Waals surface area contributed by atoms with Crippen molar-refractivity contribution < 1.29 is 29.5 Å². The Bertz CT molecular complexity index is 844. The van der Waals surface area contributed by atoms with Gasteiger partial charge < -0.3 is 19.9 Å². The molecule has 8 nitrogen and oxygen atoms in total. The van der Waals surface area contributed by atoms with E-state index in [9.17, 15) is 14.7 Å². The van der Waals surface area contributed by atoms with Crippen LogP contribution >= 0.6 is 0 Å². The van der Waals surface area contributed by atoms with E-state index >= 15 is 0 Å². The third-order valence-corrected chi connectivity index (χ3v) is 9.12. The summed E-state index contributed by atoms with van der Waals surface area (Å²) in [5.41, 5.74) is 8.83. The maximum absolute atomic E-state index is 12.8. The lowest BCUT2D eigenvalue weighted by Crippen LogP contribution is -2.94. The number of allylic oxidation sites excluding steroid dienone is 1. The molecule has 5 N–H and O–H groups in total. The molecule has 7 unspecified atom stereocenters. The third-order valence-electron chi connectivity index (χ3n) is 9.12. The van der Waals surface area contributed by atoms with E-state index in [-0.39, 0.29) is 36.5 Å². The molecule has 0 aromatic heterocycles. The number of carbonyl (C=O) groups is 2. The largest absolute Gasteiger partial charge is 0.462 e. The Kier molecular flexibility index (Phi) is 13.5. The van der Waals surface area contributed by atoms with Crippen LogP contribution in [0.1, 0.15) is 104 Å². The molecule has 220 valence electrons. The number of hydrogen-bond acceptors (Lipinski definition) is 7. The highest BCUT2D eigenvalue weighted by Crippen LogP contribution is 2.32. The van der Waals surface area contributed by atoms with E-state index in [0.29, 0.717) is 30.6 Å². The van der Waals surface area contributed by atoms with Gasteiger partial charge >= 0.3 is 5.97 Å². The zero-order valence-electron chi connectivity index (χ0n) is 24.5. The van der Waals surface area contributed by atoms with Gasteiger partial charge in [0.05, 0.1) is 24.3 Å². The summed E-state index contributed by atoms with van der Waals surface area (Å²) >= 11 is 0. The Labute approximate surface area is 235 Å². The second-order valence-corrected chi connectivity index (χ2v) is 12.2. The van der Waals surface area contributed by atoms with Crippen LogP contribution in [0.5, 0.6) is 0 Å². The molecule has 0 aromatic rings. The van der Waals surface area contributed by atoms with Gasteiger partial charge in [0.25, 0.3) is 0 Å². The van der Waals surface area contributed by atoms with E-state index in [1.165, 1.54) is 30.9 Å². The Morgan fingerprint density at radius 2 is 2.00 bits per heavy atom. The number of esters is 1. The first-order valence-corrected chi connectivity index (χ1v) is 15.3. The number of aliphatic hydroxyl groups excluding tert-OH is 1. The summed E-state index contributed by atoms with van der Waals surface area (Å²) in [7, 11) is 1.64. The predicted molar refractivity (Wildman–Crippen MR) is 153 cm³/mol. The van der Waals surface area contributed by atoms with Gasteiger partial charge in [0.1, 0.15) is 30.2 Å². The molecule has 0 aromatic carbocycles. The van der Waals surface area contributed by atoms with E-state index in [4.69, 9.17) is 15.2 Å². The Morgan fingerprint density at radius 3 is 2.72 bits per heavy atom. The minimum absolute atomic E-state index is 0.138. The van der Waals surface area contributed by atoms with Gasteiger partial charge in [0.15, 0.2) is 6.21 Å². The van der Waals surface area contributed by atoms with Crippen molar-refractivity contribution in [1.82, 2.24) is 0 Å². The van der Waals surface area contributed by atoms with Crippen LogP contribution in [0.15, 0.2) is 16.1 Å². The number of nitrogens with two attached hydrogens (primary N) is 2. The van der Waals surface area contributed by atoms with Crippen LogP contribution in [0.4, 0.5) is 0 Å². The van der Waals surface area contributed by atoms with Crippen molar-refractivity contribution in [3.8, 4) is 0 Å². The molecule has 7 atom stereocenters. The fraction of sp³-hybridized carbons (Fsp3) is 0.806. The Morgan fingerprint density at radius 1 is 1.21 bits per heavy atom. The highest BCUT2D eigenvalue weighted by molar-refractivity contribution is 5.84. The summed E-state index contributed by atoms with van der Waals surface area (Å²) in [6, 6.07) is 0. The third kappa shape index (κ3) is 11.0. The van der Waals surface area contributed by atoms with Gasteiger partial charge in [-0.1, -0.05) is 13.3 Å². The molecule has 2 heterocycles. The molecule has 1 saturated carbocycles. The molecule has 3 rings (SSSR count). The number of ether oxygens (including phenoxy) is 2. The van der Waals surface area contributed by atoms with Crippen LogP contribution in [-0.4, -0.2) is 61.2 Å². The van der Waals surface area contributed by atoms with Crippen molar-refractivity contribution in [2.75, 3.05) is 13.7 Å². The summed E-state index contributed by atoms with van der Waals surface area (Å²) < 4.78 is 11.0. The van der Waals surface area contributed by atoms with Crippen LogP contribution in [0.3, 0.4) is 0 Å². The molecule has 0 radical (unpaired) electrons. The second kappa shape index (κ2) is 16.5. The van der Waals surface area contributed by atoms with Crippen LogP contribution in [0.25, 0.3) is 0 Å². The Balaban J connectivity index is 1.45. The molecule has 2 fully saturated rings. The second-order valence-electron chi connectivity index (χ2n) is 12.2. The molecular formula is C31H53N3O5+2. The van der Waals surface area contributed by atoms with Crippen LogP contribution in [-0.2, 0) is 19.1 Å². The summed E-state index contributed by atoms with van der Waals surface area (Å²) in [6.45, 7) is 6.78. The summed E-state index contributed by atoms with van der Waals surface area (Å²) in [5, 5.41) is 12.3. The van der Waals surface area contributed by atoms with Gasteiger partial charge in [-0.05, 0) is 69.1 Å². The molecule has 0 bridgehead atoms. The number of piperidine rings is 1. The van der Waals surface area contributed by atoms with E-state index in [1.54, 1.807) is 7.11 Å². The lowest BCUT2D eigenvalue weighted by atomic mass is 9.82. The first-order chi connectivity index (χ1) is 18.8. The summed E-state index contributed by atoms with van der Waals surface area (Å²) in [4.78, 5) is 29.1. The molecule has 39 heavy (non-hydrogen) atoms. The zero-order chi connectivity index (χ0) is 28.2. The minimum Gasteiger partial charge on any atom is -0.462 e. The molecule has 0 amide bonds. The summed E-state index contributed by atoms with van der Waals surface area (Å²) in [5.74, 6) is 1.37. The number of rotatable bonds is 16. The van der Waals surface area contributed by atoms with E-state index in [1.807, 2.05) is 12.8 Å². The number of Topliss-reactive ketones (excluding diaryl/α,β-unsaturated/α-hetero) is 1. The quantitative estimate of drug-likeness (QED) is 0.200. The first-order valence-electron chi connectivity index (χ1n) is 15.3. The van der Waals surface area contributed by atoms with E-state index in [0.717, 1.165) is 64.3 Å². The first kappa shape index (κ1) is 31.8.